The Kier molecular flexibility index (Phi) is 9.70. The molecule has 1 aliphatic rings. The average molecular weight is 485 g/mol. The summed E-state index contributed by atoms with van der Waals surface area (Å²) in [5.41, 5.74) is 7.35. The van der Waals surface area contributed by atoms with E-state index in [-0.39, 0.29) is 31.3 Å². The van der Waals surface area contributed by atoms with Gasteiger partial charge in [-0.05, 0) is 36.4 Å². The van der Waals surface area contributed by atoms with Crippen LogP contribution in [0, 0.1) is 5.41 Å². The summed E-state index contributed by atoms with van der Waals surface area (Å²) in [5.74, 6) is -2.56. The first-order valence-corrected chi connectivity index (χ1v) is 10.7. The van der Waals surface area contributed by atoms with Crippen LogP contribution in [0.5, 0.6) is 0 Å². The van der Waals surface area contributed by atoms with Crippen LogP contribution in [-0.4, -0.2) is 75.9 Å². The summed E-state index contributed by atoms with van der Waals surface area (Å²) >= 11 is 0. The van der Waals surface area contributed by atoms with Gasteiger partial charge in [0.1, 0.15) is 5.84 Å². The lowest BCUT2D eigenvalue weighted by Gasteiger charge is -2.35. The van der Waals surface area contributed by atoms with E-state index in [2.05, 4.69) is 10.3 Å². The number of carbonyl (C=O) groups is 4. The van der Waals surface area contributed by atoms with Gasteiger partial charge in [-0.15, -0.1) is 0 Å². The van der Waals surface area contributed by atoms with Crippen LogP contribution in [0.2, 0.25) is 0 Å². The molecule has 2 aromatic rings. The molecule has 1 unspecified atom stereocenters. The van der Waals surface area contributed by atoms with Crippen LogP contribution in [0.3, 0.4) is 0 Å². The molecule has 6 N–H and O–H groups in total. The quantitative estimate of drug-likeness (QED) is 0.261. The molecule has 0 radical (unpaired) electrons. The van der Waals surface area contributed by atoms with Gasteiger partial charge in [0.25, 0.3) is 5.97 Å². The van der Waals surface area contributed by atoms with Crippen molar-refractivity contribution < 1.29 is 29.4 Å². The number of carboxylic acids is 2. The third kappa shape index (κ3) is 8.76. The largest absolute Gasteiger partial charge is 0.481 e. The van der Waals surface area contributed by atoms with Crippen molar-refractivity contribution >= 4 is 35.3 Å². The summed E-state index contributed by atoms with van der Waals surface area (Å²) in [6, 6.07) is 11.3. The fourth-order valence-electron chi connectivity index (χ4n) is 3.35. The highest BCUT2D eigenvalue weighted by molar-refractivity contribution is 5.95. The number of nitrogens with two attached hydrogens (primary N) is 1. The van der Waals surface area contributed by atoms with Gasteiger partial charge in [0.2, 0.25) is 11.8 Å². The Balaban J connectivity index is 0.00000100. The molecule has 0 aliphatic carbocycles. The lowest BCUT2D eigenvalue weighted by atomic mass is 10.1. The second-order valence-corrected chi connectivity index (χ2v) is 7.69. The van der Waals surface area contributed by atoms with E-state index in [0.29, 0.717) is 24.3 Å². The fraction of sp³-hybridized carbons (Fsp3) is 0.304. The minimum absolute atomic E-state index is 0.0228. The summed E-state index contributed by atoms with van der Waals surface area (Å²) in [7, 11) is 0. The Morgan fingerprint density at radius 3 is 2.31 bits per heavy atom. The Labute approximate surface area is 201 Å². The van der Waals surface area contributed by atoms with Gasteiger partial charge in [-0.1, -0.05) is 6.07 Å². The fourth-order valence-corrected chi connectivity index (χ4v) is 3.35. The molecule has 186 valence electrons. The van der Waals surface area contributed by atoms with Crippen molar-refractivity contribution in [3.8, 4) is 0 Å². The number of carbonyl (C=O) groups excluding carboxylic acids is 2. The van der Waals surface area contributed by atoms with E-state index < -0.39 is 23.9 Å². The van der Waals surface area contributed by atoms with E-state index in [1.807, 2.05) is 4.90 Å². The maximum atomic E-state index is 12.6. The summed E-state index contributed by atoms with van der Waals surface area (Å²) in [4.78, 5) is 52.7. The maximum absolute atomic E-state index is 12.6. The van der Waals surface area contributed by atoms with Crippen molar-refractivity contribution in [2.45, 2.75) is 19.4 Å². The molecular formula is C23H28N6O6. The zero-order chi connectivity index (χ0) is 26.0. The highest BCUT2D eigenvalue weighted by Gasteiger charge is 2.27. The Bertz CT molecular complexity index is 1060. The van der Waals surface area contributed by atoms with E-state index in [1.165, 1.54) is 11.1 Å². The molecule has 12 nitrogen and oxygen atoms in total. The van der Waals surface area contributed by atoms with E-state index in [4.69, 9.17) is 26.2 Å². The smallest absolute Gasteiger partial charge is 0.305 e. The zero-order valence-electron chi connectivity index (χ0n) is 19.2. The number of nitrogens with one attached hydrogen (secondary N) is 2. The van der Waals surface area contributed by atoms with Gasteiger partial charge in [-0.2, -0.15) is 0 Å². The van der Waals surface area contributed by atoms with E-state index in [1.54, 1.807) is 42.5 Å². The minimum atomic E-state index is -1.06. The molecule has 3 rings (SSSR count). The second-order valence-electron chi connectivity index (χ2n) is 7.69. The molecule has 12 heteroatoms. The number of aliphatic carboxylic acids is 2. The highest BCUT2D eigenvalue weighted by atomic mass is 16.4. The number of hydrogen-bond acceptors (Lipinski definition) is 7. The van der Waals surface area contributed by atoms with Gasteiger partial charge in [0.05, 0.1) is 31.2 Å². The van der Waals surface area contributed by atoms with Gasteiger partial charge >= 0.3 is 5.97 Å². The molecule has 1 aliphatic heterocycles. The molecule has 0 spiro atoms. The van der Waals surface area contributed by atoms with Gasteiger partial charge in [-0.25, -0.2) is 0 Å². The highest BCUT2D eigenvalue weighted by Crippen LogP contribution is 2.18. The average Bonchev–Trinajstić information content (AvgIpc) is 2.80. The van der Waals surface area contributed by atoms with Crippen molar-refractivity contribution in [2.75, 3.05) is 31.1 Å². The van der Waals surface area contributed by atoms with Crippen molar-refractivity contribution in [2.24, 2.45) is 5.73 Å². The number of aromatic nitrogens is 1. The molecule has 0 saturated carbocycles. The summed E-state index contributed by atoms with van der Waals surface area (Å²) < 4.78 is 0. The number of anilines is 1. The van der Waals surface area contributed by atoms with Crippen molar-refractivity contribution in [1.82, 2.24) is 15.2 Å². The number of nitrogen functional groups attached to an aromatic ring is 1. The van der Waals surface area contributed by atoms with Crippen LogP contribution < -0.4 is 16.0 Å². The van der Waals surface area contributed by atoms with E-state index in [9.17, 15) is 14.4 Å². The lowest BCUT2D eigenvalue weighted by molar-refractivity contribution is -0.139. The third-order valence-electron chi connectivity index (χ3n) is 4.96. The van der Waals surface area contributed by atoms with Gasteiger partial charge in [0, 0.05) is 37.5 Å². The van der Waals surface area contributed by atoms with Gasteiger partial charge in [0.15, 0.2) is 0 Å². The number of benzene rings is 1. The number of carboxylic acid groups (broad SMARTS) is 2. The molecule has 2 heterocycles. The molecule has 2 amide bonds. The normalized spacial score (nSPS) is 13.8. The first-order valence-electron chi connectivity index (χ1n) is 10.7. The third-order valence-corrected chi connectivity index (χ3v) is 4.96. The topological polar surface area (TPSA) is 190 Å². The Morgan fingerprint density at radius 1 is 1.14 bits per heavy atom. The van der Waals surface area contributed by atoms with Crippen molar-refractivity contribution in [3.05, 3.63) is 59.9 Å². The molecule has 35 heavy (non-hydrogen) atoms. The van der Waals surface area contributed by atoms with Crippen LogP contribution >= 0.6 is 0 Å². The molecular weight excluding hydrogens is 456 g/mol. The molecule has 1 fully saturated rings. The predicted octanol–water partition coefficient (Wildman–Crippen LogP) is 0.437. The molecule has 1 saturated heterocycles. The maximum Gasteiger partial charge on any atom is 0.305 e. The van der Waals surface area contributed by atoms with Crippen LogP contribution in [-0.2, 0) is 19.2 Å². The van der Waals surface area contributed by atoms with Crippen LogP contribution in [0.1, 0.15) is 30.6 Å². The van der Waals surface area contributed by atoms with Gasteiger partial charge in [-0.3, -0.25) is 29.6 Å². The molecule has 0 bridgehead atoms. The zero-order valence-corrected chi connectivity index (χ0v) is 19.2. The minimum Gasteiger partial charge on any atom is -0.481 e. The lowest BCUT2D eigenvalue weighted by Crippen LogP contribution is -2.53. The van der Waals surface area contributed by atoms with Crippen LogP contribution in [0.4, 0.5) is 5.69 Å². The number of amides is 2. The van der Waals surface area contributed by atoms with Crippen LogP contribution in [0.25, 0.3) is 0 Å². The number of pyridine rings is 1. The van der Waals surface area contributed by atoms with Crippen molar-refractivity contribution in [1.29, 1.82) is 5.41 Å². The number of rotatable bonds is 8. The summed E-state index contributed by atoms with van der Waals surface area (Å²) in [6.45, 7) is 1.94. The predicted molar refractivity (Wildman–Crippen MR) is 127 cm³/mol. The second kappa shape index (κ2) is 12.7. The number of nitrogens with zero attached hydrogens (tertiary/aromatic N) is 3. The number of amidine groups is 1. The molecule has 1 aromatic carbocycles. The first-order chi connectivity index (χ1) is 16.6. The van der Waals surface area contributed by atoms with Crippen molar-refractivity contribution in [3.63, 3.8) is 0 Å². The monoisotopic (exact) mass is 484 g/mol. The summed E-state index contributed by atoms with van der Waals surface area (Å²) in [5, 5.41) is 26.7. The van der Waals surface area contributed by atoms with E-state index >= 15 is 0 Å². The Hall–Kier alpha value is -4.48. The van der Waals surface area contributed by atoms with E-state index in [0.717, 1.165) is 12.6 Å². The Morgan fingerprint density at radius 2 is 1.80 bits per heavy atom. The standard InChI is InChI=1S/C21H24N6O4.C2H4O2/c22-21(23)14-4-6-15(7-5-14)26-9-10-27(19(29)13-26)12-18(28)25-17(11-20(30)31)16-3-1-2-8-24-16;1-2(3)4/h1-8,17H,9-13H2,(H3,22,23)(H,25,28)(H,30,31);1H3,(H,3,4). The number of hydrogen-bond donors (Lipinski definition) is 5. The summed E-state index contributed by atoms with van der Waals surface area (Å²) in [6.07, 6.45) is 1.22. The van der Waals surface area contributed by atoms with Crippen LogP contribution in [0.15, 0.2) is 48.7 Å². The molecule has 1 aromatic heterocycles. The first kappa shape index (κ1) is 26.8. The SMILES string of the molecule is CC(=O)O.N=C(N)c1ccc(N2CCN(CC(=O)NC(CC(=O)O)c3ccccn3)C(=O)C2)cc1. The molecule has 1 atom stereocenters. The van der Waals surface area contributed by atoms with Gasteiger partial charge < -0.3 is 31.1 Å². The number of piperazine rings is 1.